The average Bonchev–Trinajstić information content (AvgIpc) is 3.04. The molecule has 4 rings (SSSR count). The van der Waals surface area contributed by atoms with Gasteiger partial charge in [-0.3, -0.25) is 9.69 Å². The minimum absolute atomic E-state index is 0.0123. The Morgan fingerprint density at radius 3 is 2.53 bits per heavy atom. The largest absolute Gasteiger partial charge is 0.493 e. The Kier molecular flexibility index (Phi) is 12.1. The Bertz CT molecular complexity index is 1090. The maximum atomic E-state index is 14.0. The highest BCUT2D eigenvalue weighted by Crippen LogP contribution is 2.46. The fourth-order valence-corrected chi connectivity index (χ4v) is 5.98. The molecule has 0 aliphatic carbocycles. The van der Waals surface area contributed by atoms with Gasteiger partial charge in [-0.05, 0) is 51.1 Å². The number of nitrogens with zero attached hydrogens (tertiary/aromatic N) is 2. The number of ether oxygens (including phenoxy) is 8. The third-order valence-corrected chi connectivity index (χ3v) is 8.23. The van der Waals surface area contributed by atoms with E-state index in [0.29, 0.717) is 42.3 Å². The van der Waals surface area contributed by atoms with Crippen LogP contribution < -0.4 is 14.4 Å². The molecule has 12 nitrogen and oxygen atoms in total. The maximum Gasteiger partial charge on any atom is 0.416 e. The number of rotatable bonds is 12. The molecule has 2 fully saturated rings. The molecule has 1 aromatic rings. The molecule has 0 N–H and O–H groups in total. The molecule has 1 unspecified atom stereocenters. The van der Waals surface area contributed by atoms with Crippen molar-refractivity contribution in [2.45, 2.75) is 75.7 Å². The standard InChI is InChI=1S/C31H46N2O10/c1-6-16-42-30(35)33-24-20-26(40-18-11-13-27(34)37-3)25(36-2)19-22(24)31(38-4,39-5)21-32-15-9-7-12-23(32)29(33)43-28-14-8-10-17-41-28/h6,19-20,23,28-29H,1,7-18,21H2,2-5H3/t23-,28?,29-/m0/s1. The molecule has 1 amide bonds. The van der Waals surface area contributed by atoms with Crippen LogP contribution in [0, 0.1) is 0 Å². The number of carbonyl (C=O) groups excluding carboxylic acids is 2. The van der Waals surface area contributed by atoms with Gasteiger partial charge in [0.25, 0.3) is 0 Å². The van der Waals surface area contributed by atoms with Crippen molar-refractivity contribution in [3.8, 4) is 11.5 Å². The van der Waals surface area contributed by atoms with Crippen LogP contribution in [-0.4, -0.2) is 96.9 Å². The van der Waals surface area contributed by atoms with Crippen LogP contribution in [0.3, 0.4) is 0 Å². The molecule has 12 heteroatoms. The second-order valence-electron chi connectivity index (χ2n) is 10.8. The summed E-state index contributed by atoms with van der Waals surface area (Å²) in [6.45, 7) is 5.71. The Hall–Kier alpha value is -2.90. The number of carbonyl (C=O) groups is 2. The third kappa shape index (κ3) is 7.61. The summed E-state index contributed by atoms with van der Waals surface area (Å²) < 4.78 is 47.3. The van der Waals surface area contributed by atoms with Crippen LogP contribution in [0.1, 0.15) is 56.9 Å². The zero-order valence-corrected chi connectivity index (χ0v) is 25.8. The van der Waals surface area contributed by atoms with Crippen molar-refractivity contribution in [2.75, 3.05) is 66.2 Å². The summed E-state index contributed by atoms with van der Waals surface area (Å²) in [6.07, 6.45) is 5.74. The maximum absolute atomic E-state index is 14.0. The van der Waals surface area contributed by atoms with Gasteiger partial charge < -0.3 is 37.9 Å². The summed E-state index contributed by atoms with van der Waals surface area (Å²) >= 11 is 0. The summed E-state index contributed by atoms with van der Waals surface area (Å²) in [5, 5.41) is 0. The predicted molar refractivity (Wildman–Crippen MR) is 157 cm³/mol. The Morgan fingerprint density at radius 1 is 1.07 bits per heavy atom. The number of hydrogen-bond donors (Lipinski definition) is 0. The number of hydrogen-bond acceptors (Lipinski definition) is 11. The monoisotopic (exact) mass is 606 g/mol. The molecule has 0 spiro atoms. The number of benzene rings is 1. The highest BCUT2D eigenvalue weighted by molar-refractivity contribution is 5.90. The predicted octanol–water partition coefficient (Wildman–Crippen LogP) is 4.34. The van der Waals surface area contributed by atoms with Gasteiger partial charge in [0, 0.05) is 38.9 Å². The molecule has 3 atom stereocenters. The van der Waals surface area contributed by atoms with E-state index in [1.807, 2.05) is 0 Å². The van der Waals surface area contributed by atoms with Crippen LogP contribution in [0.4, 0.5) is 10.5 Å². The fourth-order valence-electron chi connectivity index (χ4n) is 5.98. The molecule has 43 heavy (non-hydrogen) atoms. The number of piperidine rings is 1. The van der Waals surface area contributed by atoms with Gasteiger partial charge in [-0.1, -0.05) is 19.1 Å². The van der Waals surface area contributed by atoms with Gasteiger partial charge in [0.2, 0.25) is 5.79 Å². The van der Waals surface area contributed by atoms with Gasteiger partial charge in [-0.2, -0.15) is 0 Å². The van der Waals surface area contributed by atoms with Crippen molar-refractivity contribution in [2.24, 2.45) is 0 Å². The topological polar surface area (TPSA) is 114 Å². The van der Waals surface area contributed by atoms with Gasteiger partial charge in [0.05, 0.1) is 39.1 Å². The van der Waals surface area contributed by atoms with E-state index in [9.17, 15) is 9.59 Å². The molecule has 240 valence electrons. The van der Waals surface area contributed by atoms with Crippen molar-refractivity contribution in [3.63, 3.8) is 0 Å². The molecule has 2 saturated heterocycles. The average molecular weight is 607 g/mol. The number of methoxy groups -OCH3 is 4. The zero-order chi connectivity index (χ0) is 30.8. The van der Waals surface area contributed by atoms with E-state index in [-0.39, 0.29) is 31.6 Å². The summed E-state index contributed by atoms with van der Waals surface area (Å²) in [6, 6.07) is 3.30. The van der Waals surface area contributed by atoms with Crippen LogP contribution in [0.2, 0.25) is 0 Å². The Labute approximate surface area is 254 Å². The lowest BCUT2D eigenvalue weighted by Crippen LogP contribution is -2.62. The first-order valence-electron chi connectivity index (χ1n) is 15.0. The van der Waals surface area contributed by atoms with Crippen molar-refractivity contribution in [1.29, 1.82) is 0 Å². The highest BCUT2D eigenvalue weighted by atomic mass is 16.7. The van der Waals surface area contributed by atoms with E-state index < -0.39 is 24.4 Å². The summed E-state index contributed by atoms with van der Waals surface area (Å²) in [4.78, 5) is 29.5. The van der Waals surface area contributed by atoms with Crippen LogP contribution in [0.15, 0.2) is 24.8 Å². The van der Waals surface area contributed by atoms with Gasteiger partial charge in [0.15, 0.2) is 24.0 Å². The van der Waals surface area contributed by atoms with E-state index in [2.05, 4.69) is 11.5 Å². The molecule has 0 radical (unpaired) electrons. The van der Waals surface area contributed by atoms with E-state index in [1.165, 1.54) is 25.2 Å². The van der Waals surface area contributed by atoms with E-state index in [4.69, 9.17) is 37.9 Å². The molecule has 3 aliphatic rings. The van der Waals surface area contributed by atoms with Crippen LogP contribution in [0.25, 0.3) is 0 Å². The van der Waals surface area contributed by atoms with E-state index in [1.54, 1.807) is 26.4 Å². The van der Waals surface area contributed by atoms with Crippen LogP contribution in [0.5, 0.6) is 11.5 Å². The lowest BCUT2D eigenvalue weighted by atomic mass is 9.92. The quantitative estimate of drug-likeness (QED) is 0.147. The van der Waals surface area contributed by atoms with Gasteiger partial charge in [-0.15, -0.1) is 0 Å². The zero-order valence-electron chi connectivity index (χ0n) is 25.8. The summed E-state index contributed by atoms with van der Waals surface area (Å²) in [7, 11) is 6.06. The lowest BCUT2D eigenvalue weighted by molar-refractivity contribution is -0.243. The van der Waals surface area contributed by atoms with Gasteiger partial charge >= 0.3 is 12.1 Å². The SMILES string of the molecule is C=CCOC(=O)N1c2cc(OCCCC(=O)OC)c(OC)cc2C(OC)(OC)CN2CCCC[C@H]2[C@@H]1OC1CCCCO1. The van der Waals surface area contributed by atoms with Crippen molar-refractivity contribution in [1.82, 2.24) is 4.90 Å². The molecular formula is C31H46N2O10. The lowest BCUT2D eigenvalue weighted by Gasteiger charge is -2.50. The van der Waals surface area contributed by atoms with Crippen molar-refractivity contribution >= 4 is 17.7 Å². The molecular weight excluding hydrogens is 560 g/mol. The van der Waals surface area contributed by atoms with Gasteiger partial charge in [0.1, 0.15) is 6.61 Å². The van der Waals surface area contributed by atoms with Crippen molar-refractivity contribution < 1.29 is 47.5 Å². The summed E-state index contributed by atoms with van der Waals surface area (Å²) in [5.41, 5.74) is 0.988. The normalized spacial score (nSPS) is 23.6. The Balaban J connectivity index is 1.87. The minimum atomic E-state index is -1.26. The van der Waals surface area contributed by atoms with E-state index in [0.717, 1.165) is 45.1 Å². The number of fused-ring (bicyclic) bond motifs is 2. The van der Waals surface area contributed by atoms with Crippen molar-refractivity contribution in [3.05, 3.63) is 30.4 Å². The highest BCUT2D eigenvalue weighted by Gasteiger charge is 2.49. The second kappa shape index (κ2) is 15.7. The minimum Gasteiger partial charge on any atom is -0.493 e. The second-order valence-corrected chi connectivity index (χ2v) is 10.8. The molecule has 0 saturated carbocycles. The summed E-state index contributed by atoms with van der Waals surface area (Å²) in [5.74, 6) is -0.789. The molecule has 0 bridgehead atoms. The first kappa shape index (κ1) is 33.0. The fraction of sp³-hybridized carbons (Fsp3) is 0.677. The molecule has 0 aromatic heterocycles. The van der Waals surface area contributed by atoms with Crippen LogP contribution in [-0.2, 0) is 39.0 Å². The van der Waals surface area contributed by atoms with E-state index >= 15 is 0 Å². The molecule has 3 heterocycles. The number of amides is 1. The first-order valence-corrected chi connectivity index (χ1v) is 15.0. The third-order valence-electron chi connectivity index (χ3n) is 8.23. The molecule has 3 aliphatic heterocycles. The van der Waals surface area contributed by atoms with Gasteiger partial charge in [-0.25, -0.2) is 9.69 Å². The van der Waals surface area contributed by atoms with Crippen LogP contribution >= 0.6 is 0 Å². The Morgan fingerprint density at radius 2 is 1.86 bits per heavy atom. The smallest absolute Gasteiger partial charge is 0.416 e. The first-order chi connectivity index (χ1) is 20.9. The number of esters is 1. The molecule has 1 aromatic carbocycles. The number of anilines is 1.